The van der Waals surface area contributed by atoms with Gasteiger partial charge in [-0.15, -0.1) is 0 Å². The number of amides is 1. The molecule has 0 spiro atoms. The van der Waals surface area contributed by atoms with Crippen LogP contribution in [0.25, 0.3) is 0 Å². The lowest BCUT2D eigenvalue weighted by atomic mass is 10.1. The molecule has 1 fully saturated rings. The molecule has 1 unspecified atom stereocenters. The van der Waals surface area contributed by atoms with Crippen molar-refractivity contribution in [3.63, 3.8) is 0 Å². The maximum atomic E-state index is 13.0. The van der Waals surface area contributed by atoms with Gasteiger partial charge in [0.1, 0.15) is 17.6 Å². The topological polar surface area (TPSA) is 83.4 Å². The molecule has 2 aromatic rings. The summed E-state index contributed by atoms with van der Waals surface area (Å²) < 4.78 is 11.3. The average molecular weight is 316 g/mol. The van der Waals surface area contributed by atoms with Crippen LogP contribution in [0.3, 0.4) is 0 Å². The van der Waals surface area contributed by atoms with Crippen LogP contribution in [-0.2, 0) is 17.7 Å². The lowest BCUT2D eigenvalue weighted by Gasteiger charge is -2.34. The van der Waals surface area contributed by atoms with Gasteiger partial charge in [-0.05, 0) is 19.1 Å². The summed E-state index contributed by atoms with van der Waals surface area (Å²) in [6.45, 7) is 5.01. The van der Waals surface area contributed by atoms with Gasteiger partial charge in [-0.3, -0.25) is 9.89 Å². The number of nitrogens with one attached hydrogen (secondary N) is 2. The van der Waals surface area contributed by atoms with Crippen LogP contribution >= 0.6 is 0 Å². The number of morpholine rings is 1. The fourth-order valence-corrected chi connectivity index (χ4v) is 3.25. The summed E-state index contributed by atoms with van der Waals surface area (Å²) in [6, 6.07) is 3.62. The predicted octanol–water partition coefficient (Wildman–Crippen LogP) is 1.17. The minimum absolute atomic E-state index is 0.0615. The van der Waals surface area contributed by atoms with Gasteiger partial charge in [-0.1, -0.05) is 0 Å². The molecule has 2 aromatic heterocycles. The Balaban J connectivity index is 1.64. The van der Waals surface area contributed by atoms with Crippen molar-refractivity contribution < 1.29 is 13.9 Å². The van der Waals surface area contributed by atoms with Crippen LogP contribution in [-0.4, -0.2) is 47.3 Å². The summed E-state index contributed by atoms with van der Waals surface area (Å²) >= 11 is 0. The molecule has 4 heterocycles. The number of fused-ring (bicyclic) bond motifs is 1. The molecule has 0 saturated carbocycles. The van der Waals surface area contributed by atoms with Gasteiger partial charge in [0.05, 0.1) is 13.2 Å². The minimum atomic E-state index is -0.200. The highest BCUT2D eigenvalue weighted by Crippen LogP contribution is 2.28. The van der Waals surface area contributed by atoms with Crippen molar-refractivity contribution >= 4 is 5.91 Å². The number of H-pyrrole nitrogens is 1. The Morgan fingerprint density at radius 1 is 1.43 bits per heavy atom. The van der Waals surface area contributed by atoms with Crippen molar-refractivity contribution in [3.8, 4) is 0 Å². The summed E-state index contributed by atoms with van der Waals surface area (Å²) in [6.07, 6.45) is 0.875. The van der Waals surface area contributed by atoms with Crippen LogP contribution in [0.15, 0.2) is 16.5 Å². The molecule has 0 aromatic carbocycles. The number of aromatic nitrogens is 2. The molecule has 0 aliphatic carbocycles. The second-order valence-corrected chi connectivity index (χ2v) is 5.99. The van der Waals surface area contributed by atoms with E-state index in [1.807, 2.05) is 24.0 Å². The van der Waals surface area contributed by atoms with E-state index in [0.717, 1.165) is 35.7 Å². The largest absolute Gasteiger partial charge is 0.464 e. The molecule has 7 heteroatoms. The maximum Gasteiger partial charge on any atom is 0.275 e. The van der Waals surface area contributed by atoms with Crippen LogP contribution in [0, 0.1) is 6.92 Å². The number of hydrogen-bond donors (Lipinski definition) is 2. The van der Waals surface area contributed by atoms with E-state index in [9.17, 15) is 4.79 Å². The Morgan fingerprint density at radius 2 is 2.35 bits per heavy atom. The Bertz CT molecular complexity index is 721. The van der Waals surface area contributed by atoms with E-state index in [1.54, 1.807) is 0 Å². The van der Waals surface area contributed by atoms with Crippen LogP contribution < -0.4 is 5.32 Å². The average Bonchev–Trinajstić information content (AvgIpc) is 3.20. The first kappa shape index (κ1) is 14.5. The summed E-state index contributed by atoms with van der Waals surface area (Å²) in [5.74, 6) is 1.53. The highest BCUT2D eigenvalue weighted by Gasteiger charge is 2.34. The van der Waals surface area contributed by atoms with Gasteiger partial charge in [-0.25, -0.2) is 0 Å². The quantitative estimate of drug-likeness (QED) is 0.869. The monoisotopic (exact) mass is 316 g/mol. The minimum Gasteiger partial charge on any atom is -0.464 e. The van der Waals surface area contributed by atoms with Crippen molar-refractivity contribution in [2.75, 3.05) is 26.3 Å². The Labute approximate surface area is 134 Å². The zero-order valence-corrected chi connectivity index (χ0v) is 13.1. The molecule has 7 nitrogen and oxygen atoms in total. The number of furan rings is 1. The third kappa shape index (κ3) is 2.55. The highest BCUT2D eigenvalue weighted by atomic mass is 16.5. The molecule has 122 valence electrons. The van der Waals surface area contributed by atoms with Gasteiger partial charge in [0.25, 0.3) is 5.91 Å². The van der Waals surface area contributed by atoms with Crippen molar-refractivity contribution in [3.05, 3.63) is 40.6 Å². The van der Waals surface area contributed by atoms with Crippen molar-refractivity contribution in [2.24, 2.45) is 0 Å². The molecule has 0 bridgehead atoms. The van der Waals surface area contributed by atoms with Gasteiger partial charge in [0.2, 0.25) is 0 Å². The number of nitrogens with zero attached hydrogens (tertiary/aromatic N) is 2. The smallest absolute Gasteiger partial charge is 0.275 e. The normalized spacial score (nSPS) is 21.3. The zero-order valence-electron chi connectivity index (χ0n) is 13.1. The molecule has 2 N–H and O–H groups in total. The maximum absolute atomic E-state index is 13.0. The first-order chi connectivity index (χ1) is 11.2. The molecule has 1 atom stereocenters. The van der Waals surface area contributed by atoms with Crippen LogP contribution in [0.1, 0.15) is 39.3 Å². The van der Waals surface area contributed by atoms with E-state index in [2.05, 4.69) is 15.5 Å². The summed E-state index contributed by atoms with van der Waals surface area (Å²) in [7, 11) is 0. The number of rotatable bonds is 2. The lowest BCUT2D eigenvalue weighted by molar-refractivity contribution is -0.00931. The number of carbonyl (C=O) groups is 1. The number of hydrogen-bond acceptors (Lipinski definition) is 5. The molecular formula is C16H20N4O3. The molecule has 4 rings (SSSR count). The van der Waals surface area contributed by atoms with Gasteiger partial charge in [0, 0.05) is 37.3 Å². The van der Waals surface area contributed by atoms with Gasteiger partial charge >= 0.3 is 0 Å². The molecule has 23 heavy (non-hydrogen) atoms. The van der Waals surface area contributed by atoms with Crippen LogP contribution in [0.4, 0.5) is 0 Å². The molecule has 2 aliphatic heterocycles. The summed E-state index contributed by atoms with van der Waals surface area (Å²) in [4.78, 5) is 14.9. The second kappa shape index (κ2) is 5.82. The van der Waals surface area contributed by atoms with E-state index in [4.69, 9.17) is 9.15 Å². The number of carbonyl (C=O) groups excluding carboxylic acids is 1. The molecule has 2 aliphatic rings. The summed E-state index contributed by atoms with van der Waals surface area (Å²) in [5.41, 5.74) is 2.57. The van der Waals surface area contributed by atoms with E-state index in [-0.39, 0.29) is 11.9 Å². The Morgan fingerprint density at radius 3 is 3.17 bits per heavy atom. The first-order valence-electron chi connectivity index (χ1n) is 7.96. The van der Waals surface area contributed by atoms with E-state index in [1.165, 1.54) is 0 Å². The standard InChI is InChI=1S/C16H20N4O3/c1-10-2-3-14(23-10)13-9-22-7-6-20(13)16(21)15-11-8-17-5-4-12(11)18-19-15/h2-3,13,17H,4-9H2,1H3,(H,18,19). The van der Waals surface area contributed by atoms with Crippen LogP contribution in [0.5, 0.6) is 0 Å². The highest BCUT2D eigenvalue weighted by molar-refractivity contribution is 5.94. The number of ether oxygens (including phenoxy) is 1. The number of aromatic amines is 1. The third-order valence-corrected chi connectivity index (χ3v) is 4.49. The molecule has 0 radical (unpaired) electrons. The summed E-state index contributed by atoms with van der Waals surface area (Å²) in [5, 5.41) is 10.6. The van der Waals surface area contributed by atoms with Crippen molar-refractivity contribution in [1.29, 1.82) is 0 Å². The Kier molecular flexibility index (Phi) is 3.66. The van der Waals surface area contributed by atoms with E-state index in [0.29, 0.717) is 32.0 Å². The van der Waals surface area contributed by atoms with E-state index < -0.39 is 0 Å². The van der Waals surface area contributed by atoms with E-state index >= 15 is 0 Å². The fourth-order valence-electron chi connectivity index (χ4n) is 3.25. The van der Waals surface area contributed by atoms with Gasteiger partial charge in [0.15, 0.2) is 5.69 Å². The second-order valence-electron chi connectivity index (χ2n) is 5.99. The molecule has 1 amide bonds. The predicted molar refractivity (Wildman–Crippen MR) is 82.0 cm³/mol. The van der Waals surface area contributed by atoms with Crippen LogP contribution in [0.2, 0.25) is 0 Å². The lowest BCUT2D eigenvalue weighted by Crippen LogP contribution is -2.44. The zero-order chi connectivity index (χ0) is 15.8. The van der Waals surface area contributed by atoms with Crippen molar-refractivity contribution in [2.45, 2.75) is 25.9 Å². The molecule has 1 saturated heterocycles. The van der Waals surface area contributed by atoms with Crippen molar-refractivity contribution in [1.82, 2.24) is 20.4 Å². The Hall–Kier alpha value is -2.12. The third-order valence-electron chi connectivity index (χ3n) is 4.49. The first-order valence-corrected chi connectivity index (χ1v) is 7.96. The molecular weight excluding hydrogens is 296 g/mol. The number of aryl methyl sites for hydroxylation is 1. The SMILES string of the molecule is Cc1ccc(C2COCCN2C(=O)c2n[nH]c3c2CNCC3)o1. The fraction of sp³-hybridized carbons (Fsp3) is 0.500. The van der Waals surface area contributed by atoms with Gasteiger partial charge in [-0.2, -0.15) is 5.10 Å². The van der Waals surface area contributed by atoms with Gasteiger partial charge < -0.3 is 19.4 Å².